The maximum Gasteiger partial charge on any atom is 0.417 e. The topological polar surface area (TPSA) is 47.4 Å². The molecule has 26 heavy (non-hydrogen) atoms. The fourth-order valence-electron chi connectivity index (χ4n) is 3.02. The van der Waals surface area contributed by atoms with Crippen molar-refractivity contribution >= 4 is 39.8 Å². The molecule has 0 N–H and O–H groups in total. The number of ether oxygens (including phenoxy) is 1. The van der Waals surface area contributed by atoms with E-state index in [1.54, 1.807) is 64.8 Å². The molecule has 3 rings (SSSR count). The number of aryl methyl sites for hydroxylation is 1. The molecule has 0 spiro atoms. The molecule has 1 aliphatic rings. The largest absolute Gasteiger partial charge is 0.465 e. The van der Waals surface area contributed by atoms with Crippen molar-refractivity contribution in [2.75, 3.05) is 19.1 Å². The smallest absolute Gasteiger partial charge is 0.417 e. The van der Waals surface area contributed by atoms with Gasteiger partial charge in [-0.15, -0.1) is 0 Å². The Kier molecular flexibility index (Phi) is 4.76. The highest BCUT2D eigenvalue weighted by Crippen LogP contribution is 2.44. The van der Waals surface area contributed by atoms with Crippen LogP contribution in [-0.4, -0.2) is 29.7 Å². The summed E-state index contributed by atoms with van der Waals surface area (Å²) in [6.07, 6.45) is 0.421. The lowest BCUT2D eigenvalue weighted by molar-refractivity contribution is -0.138. The fraction of sp³-hybridized carbons (Fsp3) is 0.294. The fourth-order valence-corrected chi connectivity index (χ4v) is 3.79. The zero-order valence-electron chi connectivity index (χ0n) is 14.1. The van der Waals surface area contributed by atoms with E-state index in [0.29, 0.717) is 11.3 Å². The zero-order valence-corrected chi connectivity index (χ0v) is 16.3. The maximum absolute atomic E-state index is 13.4. The third kappa shape index (κ3) is 3.08. The summed E-state index contributed by atoms with van der Waals surface area (Å²) in [4.78, 5) is 18.0. The average Bonchev–Trinajstić information content (AvgIpc) is 2.99. The monoisotopic (exact) mass is 477 g/mol. The van der Waals surface area contributed by atoms with E-state index < -0.39 is 23.8 Å². The van der Waals surface area contributed by atoms with E-state index in [1.807, 2.05) is 0 Å². The molecule has 1 aromatic carbocycles. The lowest BCUT2D eigenvalue weighted by Gasteiger charge is -2.35. The van der Waals surface area contributed by atoms with E-state index in [-0.39, 0.29) is 9.14 Å². The van der Waals surface area contributed by atoms with Crippen LogP contribution >= 0.6 is 22.6 Å². The molecule has 1 aliphatic heterocycles. The number of alkyl halides is 3. The number of imidazole rings is 1. The third-order valence-electron chi connectivity index (χ3n) is 4.37. The van der Waals surface area contributed by atoms with Crippen LogP contribution in [0.25, 0.3) is 5.57 Å². The van der Waals surface area contributed by atoms with Crippen LogP contribution in [0.15, 0.2) is 30.7 Å². The van der Waals surface area contributed by atoms with E-state index in [0.717, 1.165) is 11.8 Å². The Hall–Kier alpha value is -2.04. The van der Waals surface area contributed by atoms with E-state index in [1.165, 1.54) is 13.2 Å². The summed E-state index contributed by atoms with van der Waals surface area (Å²) >= 11 is 1.63. The SMILES string of the molecule is COC(=O)C1=CC(c2cncn2C)N(C)c2cc(C(F)(F)F)c(I)cc21. The number of methoxy groups -OCH3 is 1. The van der Waals surface area contributed by atoms with Gasteiger partial charge in [0.15, 0.2) is 0 Å². The second kappa shape index (κ2) is 6.60. The molecule has 2 heterocycles. The summed E-state index contributed by atoms with van der Waals surface area (Å²) in [7, 11) is 4.72. The Morgan fingerprint density at radius 3 is 2.54 bits per heavy atom. The normalized spacial score (nSPS) is 17.0. The molecule has 0 saturated heterocycles. The number of benzene rings is 1. The molecule has 0 radical (unpaired) electrons. The van der Waals surface area contributed by atoms with Crippen molar-refractivity contribution in [2.24, 2.45) is 7.05 Å². The number of carbonyl (C=O) groups is 1. The first-order chi connectivity index (χ1) is 12.1. The van der Waals surface area contributed by atoms with Crippen LogP contribution in [0.3, 0.4) is 0 Å². The molecule has 0 amide bonds. The van der Waals surface area contributed by atoms with Gasteiger partial charge in [-0.3, -0.25) is 0 Å². The van der Waals surface area contributed by atoms with Crippen LogP contribution < -0.4 is 4.90 Å². The van der Waals surface area contributed by atoms with Crippen LogP contribution in [0.2, 0.25) is 0 Å². The summed E-state index contributed by atoms with van der Waals surface area (Å²) in [5.74, 6) is -0.595. The minimum atomic E-state index is -4.49. The summed E-state index contributed by atoms with van der Waals surface area (Å²) < 4.78 is 46.7. The van der Waals surface area contributed by atoms with Crippen molar-refractivity contribution in [1.29, 1.82) is 0 Å². The zero-order chi connectivity index (χ0) is 19.2. The second-order valence-electron chi connectivity index (χ2n) is 5.90. The summed E-state index contributed by atoms with van der Waals surface area (Å²) in [6, 6.07) is 2.00. The molecule has 1 unspecified atom stereocenters. The molecule has 138 valence electrons. The van der Waals surface area contributed by atoms with Crippen LogP contribution in [-0.2, 0) is 22.8 Å². The Bertz CT molecular complexity index is 905. The Balaban J connectivity index is 2.25. The number of halogens is 4. The number of fused-ring (bicyclic) bond motifs is 1. The highest BCUT2D eigenvalue weighted by atomic mass is 127. The molecular formula is C17H15F3IN3O2. The number of likely N-dealkylation sites (N-methyl/N-ethyl adjacent to an activating group) is 1. The minimum Gasteiger partial charge on any atom is -0.465 e. The quantitative estimate of drug-likeness (QED) is 0.488. The first-order valence-electron chi connectivity index (χ1n) is 7.55. The van der Waals surface area contributed by atoms with Crippen LogP contribution in [0.1, 0.15) is 22.9 Å². The van der Waals surface area contributed by atoms with Gasteiger partial charge in [0.1, 0.15) is 0 Å². The predicted octanol–water partition coefficient (Wildman–Crippen LogP) is 3.79. The van der Waals surface area contributed by atoms with E-state index in [9.17, 15) is 18.0 Å². The number of aromatic nitrogens is 2. The van der Waals surface area contributed by atoms with Crippen molar-refractivity contribution < 1.29 is 22.7 Å². The standard InChI is InChI=1S/C17H15F3IN3O2/c1-23-8-22-7-15(23)14-5-10(16(25)26-3)9-4-12(21)11(17(18,19)20)6-13(9)24(14)2/h4-8,14H,1-3H3. The van der Waals surface area contributed by atoms with Gasteiger partial charge >= 0.3 is 12.1 Å². The number of esters is 1. The first-order valence-corrected chi connectivity index (χ1v) is 8.63. The minimum absolute atomic E-state index is 0.0241. The number of anilines is 1. The summed E-state index contributed by atoms with van der Waals surface area (Å²) in [5, 5.41) is 0. The van der Waals surface area contributed by atoms with Gasteiger partial charge < -0.3 is 14.2 Å². The van der Waals surface area contributed by atoms with E-state index >= 15 is 0 Å². The van der Waals surface area contributed by atoms with Crippen molar-refractivity contribution in [3.8, 4) is 0 Å². The van der Waals surface area contributed by atoms with Gasteiger partial charge in [-0.05, 0) is 40.8 Å². The van der Waals surface area contributed by atoms with Crippen LogP contribution in [0.5, 0.6) is 0 Å². The van der Waals surface area contributed by atoms with Gasteiger partial charge in [-0.1, -0.05) is 0 Å². The predicted molar refractivity (Wildman–Crippen MR) is 98.5 cm³/mol. The first kappa shape index (κ1) is 18.7. The third-order valence-corrected chi connectivity index (χ3v) is 5.26. The van der Waals surface area contributed by atoms with Gasteiger partial charge in [0.2, 0.25) is 0 Å². The van der Waals surface area contributed by atoms with Crippen molar-refractivity contribution in [2.45, 2.75) is 12.2 Å². The molecule has 0 saturated carbocycles. The molecular weight excluding hydrogens is 462 g/mol. The van der Waals surface area contributed by atoms with Crippen LogP contribution in [0.4, 0.5) is 18.9 Å². The van der Waals surface area contributed by atoms with Gasteiger partial charge in [0, 0.05) is 28.9 Å². The molecule has 5 nitrogen and oxygen atoms in total. The highest BCUT2D eigenvalue weighted by molar-refractivity contribution is 14.1. The molecule has 0 aliphatic carbocycles. The van der Waals surface area contributed by atoms with Crippen molar-refractivity contribution in [3.63, 3.8) is 0 Å². The van der Waals surface area contributed by atoms with Gasteiger partial charge in [0.05, 0.1) is 42.5 Å². The van der Waals surface area contributed by atoms with Gasteiger partial charge in [0.25, 0.3) is 0 Å². The van der Waals surface area contributed by atoms with Crippen molar-refractivity contribution in [1.82, 2.24) is 9.55 Å². The number of nitrogens with zero attached hydrogens (tertiary/aromatic N) is 3. The molecule has 9 heteroatoms. The number of hydrogen-bond acceptors (Lipinski definition) is 4. The summed E-state index contributed by atoms with van der Waals surface area (Å²) in [5.41, 5.74) is 0.964. The number of rotatable bonds is 2. The average molecular weight is 477 g/mol. The summed E-state index contributed by atoms with van der Waals surface area (Å²) in [6.45, 7) is 0. The number of carbonyl (C=O) groups excluding carboxylic acids is 1. The van der Waals surface area contributed by atoms with Crippen molar-refractivity contribution in [3.05, 3.63) is 51.1 Å². The lowest BCUT2D eigenvalue weighted by Crippen LogP contribution is -2.30. The Morgan fingerprint density at radius 2 is 2.00 bits per heavy atom. The van der Waals surface area contributed by atoms with Gasteiger partial charge in [-0.25, -0.2) is 9.78 Å². The molecule has 1 aromatic heterocycles. The molecule has 2 aromatic rings. The van der Waals surface area contributed by atoms with Gasteiger partial charge in [-0.2, -0.15) is 13.2 Å². The second-order valence-corrected chi connectivity index (χ2v) is 7.07. The van der Waals surface area contributed by atoms with Crippen LogP contribution in [0, 0.1) is 3.57 Å². The molecule has 0 fully saturated rings. The Labute approximate surface area is 161 Å². The number of hydrogen-bond donors (Lipinski definition) is 0. The Morgan fingerprint density at radius 1 is 1.31 bits per heavy atom. The molecule has 1 atom stereocenters. The van der Waals surface area contributed by atoms with E-state index in [4.69, 9.17) is 4.74 Å². The van der Waals surface area contributed by atoms with E-state index in [2.05, 4.69) is 4.98 Å². The molecule has 0 bridgehead atoms. The lowest BCUT2D eigenvalue weighted by atomic mass is 9.92. The maximum atomic E-state index is 13.4. The highest BCUT2D eigenvalue weighted by Gasteiger charge is 2.37.